The average Bonchev–Trinajstić information content (AvgIpc) is 2.95. The van der Waals surface area contributed by atoms with Crippen LogP contribution in [-0.4, -0.2) is 18.6 Å². The molecule has 3 nitrogen and oxygen atoms in total. The topological polar surface area (TPSA) is 34.1 Å². The third kappa shape index (κ3) is 4.13. The third-order valence-corrected chi connectivity index (χ3v) is 4.73. The molecule has 1 N–H and O–H groups in total. The number of hydrogen-bond acceptors (Lipinski definition) is 4. The van der Waals surface area contributed by atoms with E-state index in [0.29, 0.717) is 6.61 Å². The van der Waals surface area contributed by atoms with Crippen molar-refractivity contribution in [1.29, 1.82) is 0 Å². The van der Waals surface area contributed by atoms with E-state index in [0.717, 1.165) is 17.1 Å². The lowest BCUT2D eigenvalue weighted by molar-refractivity contribution is -0.0142. The second-order valence-corrected chi connectivity index (χ2v) is 6.40. The molecule has 4 heteroatoms. The molecule has 0 amide bonds. The number of rotatable bonds is 7. The molecule has 1 heterocycles. The van der Waals surface area contributed by atoms with E-state index in [9.17, 15) is 0 Å². The second-order valence-electron chi connectivity index (χ2n) is 5.54. The quantitative estimate of drug-likeness (QED) is 0.842. The first-order chi connectivity index (χ1) is 10.1. The van der Waals surface area contributed by atoms with E-state index in [4.69, 9.17) is 9.72 Å². The number of hydrogen-bond donors (Lipinski definition) is 1. The van der Waals surface area contributed by atoms with Gasteiger partial charge >= 0.3 is 0 Å². The Morgan fingerprint density at radius 3 is 2.62 bits per heavy atom. The molecule has 0 saturated carbocycles. The first kappa shape index (κ1) is 16.1. The highest BCUT2D eigenvalue weighted by Crippen LogP contribution is 2.29. The highest BCUT2D eigenvalue weighted by Gasteiger charge is 2.25. The Hall–Kier alpha value is -1.23. The van der Waals surface area contributed by atoms with Crippen LogP contribution in [0.4, 0.5) is 0 Å². The maximum atomic E-state index is 5.78. The fraction of sp³-hybridized carbons (Fsp3) is 0.471. The van der Waals surface area contributed by atoms with Crippen molar-refractivity contribution >= 4 is 11.3 Å². The van der Waals surface area contributed by atoms with Gasteiger partial charge in [0.15, 0.2) is 0 Å². The van der Waals surface area contributed by atoms with Crippen molar-refractivity contribution in [3.05, 3.63) is 52.0 Å². The highest BCUT2D eigenvalue weighted by molar-refractivity contribution is 7.09. The molecule has 2 rings (SSSR count). The van der Waals surface area contributed by atoms with Gasteiger partial charge in [-0.3, -0.25) is 0 Å². The average molecular weight is 304 g/mol. The first-order valence-electron chi connectivity index (χ1n) is 7.38. The zero-order valence-electron chi connectivity index (χ0n) is 13.2. The molecule has 21 heavy (non-hydrogen) atoms. The van der Waals surface area contributed by atoms with Gasteiger partial charge in [0.2, 0.25) is 0 Å². The molecule has 2 aromatic rings. The van der Waals surface area contributed by atoms with Gasteiger partial charge in [-0.1, -0.05) is 30.3 Å². The van der Waals surface area contributed by atoms with Crippen molar-refractivity contribution in [2.24, 2.45) is 0 Å². The minimum absolute atomic E-state index is 0.288. The van der Waals surface area contributed by atoms with Gasteiger partial charge in [0.1, 0.15) is 10.6 Å². The molecule has 0 aliphatic heterocycles. The van der Waals surface area contributed by atoms with E-state index in [2.05, 4.69) is 48.8 Å². The van der Waals surface area contributed by atoms with Gasteiger partial charge in [-0.15, -0.1) is 11.3 Å². The van der Waals surface area contributed by atoms with Gasteiger partial charge in [0.25, 0.3) is 0 Å². The summed E-state index contributed by atoms with van der Waals surface area (Å²) in [5.74, 6) is 0. The molecule has 0 aliphatic rings. The molecular formula is C17H24N2OS. The summed E-state index contributed by atoms with van der Waals surface area (Å²) in [6.45, 7) is 6.87. The summed E-state index contributed by atoms with van der Waals surface area (Å²) < 4.78 is 5.78. The lowest BCUT2D eigenvalue weighted by Crippen LogP contribution is -2.22. The van der Waals surface area contributed by atoms with Crippen molar-refractivity contribution in [3.63, 3.8) is 0 Å². The number of nitrogens with zero attached hydrogens (tertiary/aromatic N) is 1. The molecule has 1 aromatic heterocycles. The standard InChI is InChI=1S/C17H24N2OS/c1-5-20-17(2,3)16-19-14(12-21-16)11-15(18-4)13-9-7-6-8-10-13/h6-10,12,15,18H,5,11H2,1-4H3. The van der Waals surface area contributed by atoms with Crippen LogP contribution in [0, 0.1) is 0 Å². The fourth-order valence-corrected chi connectivity index (χ4v) is 3.29. The van der Waals surface area contributed by atoms with Crippen LogP contribution < -0.4 is 5.32 Å². The monoisotopic (exact) mass is 304 g/mol. The number of nitrogens with one attached hydrogen (secondary N) is 1. The van der Waals surface area contributed by atoms with E-state index < -0.39 is 0 Å². The second kappa shape index (κ2) is 7.16. The number of ether oxygens (including phenoxy) is 1. The summed E-state index contributed by atoms with van der Waals surface area (Å²) in [4.78, 5) is 4.77. The highest BCUT2D eigenvalue weighted by atomic mass is 32.1. The van der Waals surface area contributed by atoms with Gasteiger partial charge in [0.05, 0.1) is 5.69 Å². The predicted octanol–water partition coefficient (Wildman–Crippen LogP) is 3.92. The number of aromatic nitrogens is 1. The molecule has 0 spiro atoms. The molecule has 0 radical (unpaired) electrons. The van der Waals surface area contributed by atoms with E-state index in [1.54, 1.807) is 11.3 Å². The normalized spacial score (nSPS) is 13.3. The maximum Gasteiger partial charge on any atom is 0.124 e. The molecule has 0 bridgehead atoms. The Bertz CT molecular complexity index is 551. The van der Waals surface area contributed by atoms with Crippen molar-refractivity contribution in [2.45, 2.75) is 38.8 Å². The lowest BCUT2D eigenvalue weighted by Gasteiger charge is -2.21. The molecule has 1 aromatic carbocycles. The summed E-state index contributed by atoms with van der Waals surface area (Å²) in [6, 6.07) is 10.8. The number of benzene rings is 1. The van der Waals surface area contributed by atoms with Crippen LogP contribution in [0.3, 0.4) is 0 Å². The minimum Gasteiger partial charge on any atom is -0.369 e. The van der Waals surface area contributed by atoms with E-state index in [1.165, 1.54) is 5.56 Å². The Labute approximate surface area is 131 Å². The van der Waals surface area contributed by atoms with Crippen LogP contribution in [0.2, 0.25) is 0 Å². The Morgan fingerprint density at radius 2 is 2.00 bits per heavy atom. The smallest absolute Gasteiger partial charge is 0.124 e. The summed E-state index contributed by atoms with van der Waals surface area (Å²) in [7, 11) is 2.00. The SMILES string of the molecule is CCOC(C)(C)c1nc(CC(NC)c2ccccc2)cs1. The lowest BCUT2D eigenvalue weighted by atomic mass is 10.0. The number of thiazole rings is 1. The summed E-state index contributed by atoms with van der Waals surface area (Å²) in [5.41, 5.74) is 2.10. The molecule has 0 fully saturated rings. The third-order valence-electron chi connectivity index (χ3n) is 3.54. The Morgan fingerprint density at radius 1 is 1.29 bits per heavy atom. The largest absolute Gasteiger partial charge is 0.369 e. The summed E-state index contributed by atoms with van der Waals surface area (Å²) in [5, 5.41) is 6.56. The summed E-state index contributed by atoms with van der Waals surface area (Å²) >= 11 is 1.68. The van der Waals surface area contributed by atoms with Gasteiger partial charge in [0, 0.05) is 24.4 Å². The molecule has 1 atom stereocenters. The molecule has 1 unspecified atom stereocenters. The van der Waals surface area contributed by atoms with Gasteiger partial charge in [-0.05, 0) is 33.4 Å². The van der Waals surface area contributed by atoms with Crippen LogP contribution in [0.25, 0.3) is 0 Å². The van der Waals surface area contributed by atoms with E-state index in [-0.39, 0.29) is 11.6 Å². The minimum atomic E-state index is -0.306. The molecule has 114 valence electrons. The van der Waals surface area contributed by atoms with E-state index in [1.807, 2.05) is 20.0 Å². The van der Waals surface area contributed by atoms with Crippen LogP contribution in [0.15, 0.2) is 35.7 Å². The molecular weight excluding hydrogens is 280 g/mol. The van der Waals surface area contributed by atoms with Gasteiger partial charge in [-0.2, -0.15) is 0 Å². The van der Waals surface area contributed by atoms with Gasteiger partial charge < -0.3 is 10.1 Å². The van der Waals surface area contributed by atoms with Crippen molar-refractivity contribution in [2.75, 3.05) is 13.7 Å². The van der Waals surface area contributed by atoms with Crippen molar-refractivity contribution < 1.29 is 4.74 Å². The van der Waals surface area contributed by atoms with Crippen LogP contribution in [0.5, 0.6) is 0 Å². The molecule has 0 aliphatic carbocycles. The van der Waals surface area contributed by atoms with Crippen molar-refractivity contribution in [3.8, 4) is 0 Å². The van der Waals surface area contributed by atoms with Crippen molar-refractivity contribution in [1.82, 2.24) is 10.3 Å². The maximum absolute atomic E-state index is 5.78. The zero-order chi connectivity index (χ0) is 15.3. The zero-order valence-corrected chi connectivity index (χ0v) is 14.0. The first-order valence-corrected chi connectivity index (χ1v) is 8.26. The van der Waals surface area contributed by atoms with E-state index >= 15 is 0 Å². The van der Waals surface area contributed by atoms with Gasteiger partial charge in [-0.25, -0.2) is 4.98 Å². The molecule has 0 saturated heterocycles. The van der Waals surface area contributed by atoms with Crippen LogP contribution in [0.1, 0.15) is 43.1 Å². The number of likely N-dealkylation sites (N-methyl/N-ethyl adjacent to an activating group) is 1. The van der Waals surface area contributed by atoms with Crippen LogP contribution in [-0.2, 0) is 16.8 Å². The Balaban J connectivity index is 2.11. The van der Waals surface area contributed by atoms with Crippen LogP contribution >= 0.6 is 11.3 Å². The fourth-order valence-electron chi connectivity index (χ4n) is 2.38. The summed E-state index contributed by atoms with van der Waals surface area (Å²) in [6.07, 6.45) is 0.888. The Kier molecular flexibility index (Phi) is 5.51. The predicted molar refractivity (Wildman–Crippen MR) is 88.7 cm³/mol.